The van der Waals surface area contributed by atoms with Crippen LogP contribution >= 0.6 is 11.8 Å². The molecule has 3 nitrogen and oxygen atoms in total. The highest BCUT2D eigenvalue weighted by Gasteiger charge is 2.41. The van der Waals surface area contributed by atoms with Crippen molar-refractivity contribution in [3.8, 4) is 0 Å². The first-order chi connectivity index (χ1) is 6.87. The van der Waals surface area contributed by atoms with Gasteiger partial charge in [-0.05, 0) is 39.9 Å². The molecule has 1 aliphatic rings. The molecule has 0 aromatic heterocycles. The third-order valence-corrected chi connectivity index (χ3v) is 3.91. The van der Waals surface area contributed by atoms with Crippen LogP contribution in [0, 0.1) is 0 Å². The Morgan fingerprint density at radius 2 is 2.00 bits per heavy atom. The van der Waals surface area contributed by atoms with Gasteiger partial charge in [-0.1, -0.05) is 0 Å². The number of carbonyl (C=O) groups excluding carboxylic acids is 1. The number of hydrogen-bond acceptors (Lipinski definition) is 3. The number of amides is 1. The third-order valence-electron chi connectivity index (χ3n) is 2.49. The summed E-state index contributed by atoms with van der Waals surface area (Å²) >= 11 is 1.91. The molecule has 4 heteroatoms. The van der Waals surface area contributed by atoms with Crippen molar-refractivity contribution in [3.63, 3.8) is 0 Å². The monoisotopic (exact) mass is 230 g/mol. The Labute approximate surface area is 96.8 Å². The molecule has 0 aromatic rings. The predicted molar refractivity (Wildman–Crippen MR) is 66.2 cm³/mol. The van der Waals surface area contributed by atoms with Crippen LogP contribution in [-0.2, 0) is 4.79 Å². The van der Waals surface area contributed by atoms with Crippen LogP contribution < -0.4 is 10.6 Å². The van der Waals surface area contributed by atoms with E-state index >= 15 is 0 Å². The lowest BCUT2D eigenvalue weighted by molar-refractivity contribution is -0.121. The molecule has 0 bridgehead atoms. The number of thioether (sulfide) groups is 1. The van der Waals surface area contributed by atoms with Gasteiger partial charge in [0.15, 0.2) is 0 Å². The largest absolute Gasteiger partial charge is 0.350 e. The van der Waals surface area contributed by atoms with Crippen molar-refractivity contribution >= 4 is 17.7 Å². The molecule has 0 heterocycles. The first kappa shape index (κ1) is 12.8. The Kier molecular flexibility index (Phi) is 4.06. The van der Waals surface area contributed by atoms with Gasteiger partial charge in [-0.15, -0.1) is 0 Å². The minimum atomic E-state index is -0.129. The van der Waals surface area contributed by atoms with Crippen LogP contribution in [0.15, 0.2) is 0 Å². The Morgan fingerprint density at radius 1 is 1.40 bits per heavy atom. The fraction of sp³-hybridized carbons (Fsp3) is 0.909. The van der Waals surface area contributed by atoms with Gasteiger partial charge in [0.05, 0.1) is 6.54 Å². The van der Waals surface area contributed by atoms with Crippen LogP contribution in [-0.4, -0.2) is 35.5 Å². The maximum atomic E-state index is 11.5. The van der Waals surface area contributed by atoms with Crippen molar-refractivity contribution in [2.24, 2.45) is 0 Å². The molecule has 88 valence electrons. The van der Waals surface area contributed by atoms with Crippen LogP contribution in [0.2, 0.25) is 0 Å². The zero-order valence-corrected chi connectivity index (χ0v) is 11.0. The summed E-state index contributed by atoms with van der Waals surface area (Å²) < 4.78 is 0.433. The van der Waals surface area contributed by atoms with Gasteiger partial charge in [0, 0.05) is 16.8 Å². The maximum Gasteiger partial charge on any atom is 0.234 e. The van der Waals surface area contributed by atoms with E-state index in [-0.39, 0.29) is 11.4 Å². The standard InChI is InChI=1S/C11H22N2OS/c1-10(2,3)13-9(14)7-12-8-11(15-4)5-6-11/h12H,5-8H2,1-4H3,(H,13,14). The van der Waals surface area contributed by atoms with Crippen molar-refractivity contribution < 1.29 is 4.79 Å². The van der Waals surface area contributed by atoms with Crippen molar-refractivity contribution in [2.45, 2.75) is 43.9 Å². The van der Waals surface area contributed by atoms with Crippen LogP contribution in [0.1, 0.15) is 33.6 Å². The van der Waals surface area contributed by atoms with Crippen LogP contribution in [0.3, 0.4) is 0 Å². The van der Waals surface area contributed by atoms with E-state index in [4.69, 9.17) is 0 Å². The van der Waals surface area contributed by atoms with Gasteiger partial charge in [0.25, 0.3) is 0 Å². The molecular formula is C11H22N2OS. The Balaban J connectivity index is 2.12. The SMILES string of the molecule is CSC1(CNCC(=O)NC(C)(C)C)CC1. The van der Waals surface area contributed by atoms with Crippen molar-refractivity contribution in [2.75, 3.05) is 19.3 Å². The van der Waals surface area contributed by atoms with Crippen LogP contribution in [0.4, 0.5) is 0 Å². The molecule has 1 fully saturated rings. The van der Waals surface area contributed by atoms with Gasteiger partial charge in [-0.25, -0.2) is 0 Å². The van der Waals surface area contributed by atoms with E-state index in [1.54, 1.807) is 0 Å². The minimum Gasteiger partial charge on any atom is -0.350 e. The Morgan fingerprint density at radius 3 is 2.40 bits per heavy atom. The van der Waals surface area contributed by atoms with Crippen LogP contribution in [0.5, 0.6) is 0 Å². The smallest absolute Gasteiger partial charge is 0.234 e. The molecule has 15 heavy (non-hydrogen) atoms. The summed E-state index contributed by atoms with van der Waals surface area (Å²) in [4.78, 5) is 11.5. The summed E-state index contributed by atoms with van der Waals surface area (Å²) in [5.74, 6) is 0.0828. The molecule has 0 unspecified atom stereocenters. The van der Waals surface area contributed by atoms with Crippen LogP contribution in [0.25, 0.3) is 0 Å². The van der Waals surface area contributed by atoms with Crippen molar-refractivity contribution in [3.05, 3.63) is 0 Å². The molecule has 1 amide bonds. The molecule has 0 saturated heterocycles. The Bertz CT molecular complexity index is 231. The second-order valence-corrected chi connectivity index (χ2v) is 6.56. The van der Waals surface area contributed by atoms with E-state index in [0.717, 1.165) is 6.54 Å². The average Bonchev–Trinajstić information content (AvgIpc) is 2.82. The molecule has 1 rings (SSSR count). The second kappa shape index (κ2) is 4.74. The summed E-state index contributed by atoms with van der Waals surface area (Å²) in [6, 6.07) is 0. The molecule has 2 N–H and O–H groups in total. The van der Waals surface area contributed by atoms with Gasteiger partial charge < -0.3 is 10.6 Å². The Hall–Kier alpha value is -0.220. The van der Waals surface area contributed by atoms with Gasteiger partial charge >= 0.3 is 0 Å². The fourth-order valence-corrected chi connectivity index (χ4v) is 2.22. The van der Waals surface area contributed by atoms with E-state index in [0.29, 0.717) is 11.3 Å². The van der Waals surface area contributed by atoms with Gasteiger partial charge in [0.1, 0.15) is 0 Å². The summed E-state index contributed by atoms with van der Waals surface area (Å²) in [6.07, 6.45) is 4.70. The van der Waals surface area contributed by atoms with Crippen molar-refractivity contribution in [1.29, 1.82) is 0 Å². The summed E-state index contributed by atoms with van der Waals surface area (Å²) in [5.41, 5.74) is -0.129. The zero-order chi connectivity index (χ0) is 11.5. The van der Waals surface area contributed by atoms with E-state index in [9.17, 15) is 4.79 Å². The molecular weight excluding hydrogens is 208 g/mol. The third kappa shape index (κ3) is 4.89. The lowest BCUT2D eigenvalue weighted by Crippen LogP contribution is -2.45. The lowest BCUT2D eigenvalue weighted by Gasteiger charge is -2.21. The zero-order valence-electron chi connectivity index (χ0n) is 10.1. The molecule has 0 atom stereocenters. The first-order valence-corrected chi connectivity index (χ1v) is 6.66. The van der Waals surface area contributed by atoms with Gasteiger partial charge in [-0.2, -0.15) is 11.8 Å². The quantitative estimate of drug-likeness (QED) is 0.750. The number of hydrogen-bond donors (Lipinski definition) is 2. The highest BCUT2D eigenvalue weighted by atomic mass is 32.2. The van der Waals surface area contributed by atoms with Gasteiger partial charge in [-0.3, -0.25) is 4.79 Å². The molecule has 0 radical (unpaired) electrons. The highest BCUT2D eigenvalue weighted by Crippen LogP contribution is 2.46. The van der Waals surface area contributed by atoms with E-state index in [1.165, 1.54) is 12.8 Å². The maximum absolute atomic E-state index is 11.5. The molecule has 0 aliphatic heterocycles. The molecule has 0 spiro atoms. The molecule has 0 aromatic carbocycles. The number of carbonyl (C=O) groups is 1. The van der Waals surface area contributed by atoms with E-state index < -0.39 is 0 Å². The first-order valence-electron chi connectivity index (χ1n) is 5.44. The van der Waals surface area contributed by atoms with Gasteiger partial charge in [0.2, 0.25) is 5.91 Å². The minimum absolute atomic E-state index is 0.0828. The van der Waals surface area contributed by atoms with E-state index in [1.807, 2.05) is 32.5 Å². The molecule has 1 saturated carbocycles. The number of nitrogens with one attached hydrogen (secondary N) is 2. The van der Waals surface area contributed by atoms with Crippen molar-refractivity contribution in [1.82, 2.24) is 10.6 Å². The number of rotatable bonds is 5. The predicted octanol–water partition coefficient (Wildman–Crippen LogP) is 1.39. The summed E-state index contributed by atoms with van der Waals surface area (Å²) in [6.45, 7) is 7.37. The van der Waals surface area contributed by atoms with E-state index in [2.05, 4.69) is 16.9 Å². The normalized spacial score (nSPS) is 18.7. The summed E-state index contributed by atoms with van der Waals surface area (Å²) in [7, 11) is 0. The highest BCUT2D eigenvalue weighted by molar-refractivity contribution is 8.00. The lowest BCUT2D eigenvalue weighted by atomic mass is 10.1. The molecule has 1 aliphatic carbocycles. The fourth-order valence-electron chi connectivity index (χ4n) is 1.46. The summed E-state index contributed by atoms with van der Waals surface area (Å²) in [5, 5.41) is 6.16. The average molecular weight is 230 g/mol. The topological polar surface area (TPSA) is 41.1 Å². The second-order valence-electron chi connectivity index (χ2n) is 5.29.